The molecule has 2 unspecified atom stereocenters. The van der Waals surface area contributed by atoms with Gasteiger partial charge in [0.1, 0.15) is 17.7 Å². The molecular formula is C34H43N3O4. The molecular weight excluding hydrogens is 514 g/mol. The summed E-state index contributed by atoms with van der Waals surface area (Å²) >= 11 is 0. The van der Waals surface area contributed by atoms with Crippen LogP contribution in [0.5, 0.6) is 0 Å². The van der Waals surface area contributed by atoms with Gasteiger partial charge in [-0.25, -0.2) is 4.79 Å². The number of carbonyl (C=O) groups is 3. The SMILES string of the molecule is Cc1ccc(C(C(=O)Nc2ccccc2C)N(C(=O)C(Cc2ccccc2)NC(=O)OC(C)(C)C)C(C)(C)C)cc1. The first-order valence-corrected chi connectivity index (χ1v) is 14.0. The quantitative estimate of drug-likeness (QED) is 0.321. The Bertz CT molecular complexity index is 1340. The summed E-state index contributed by atoms with van der Waals surface area (Å²) in [7, 11) is 0. The summed E-state index contributed by atoms with van der Waals surface area (Å²) in [4.78, 5) is 43.2. The summed E-state index contributed by atoms with van der Waals surface area (Å²) in [5.74, 6) is -0.736. The van der Waals surface area contributed by atoms with Crippen molar-refractivity contribution in [2.75, 3.05) is 5.32 Å². The lowest BCUT2D eigenvalue weighted by Gasteiger charge is -2.43. The zero-order chi connectivity index (χ0) is 30.4. The number of aryl methyl sites for hydroxylation is 2. The molecule has 3 aromatic carbocycles. The number of alkyl carbamates (subject to hydrolysis) is 1. The Balaban J connectivity index is 2.10. The van der Waals surface area contributed by atoms with Gasteiger partial charge in [0, 0.05) is 17.6 Å². The Kier molecular flexibility index (Phi) is 9.97. The zero-order valence-corrected chi connectivity index (χ0v) is 25.4. The first-order valence-electron chi connectivity index (χ1n) is 14.0. The van der Waals surface area contributed by atoms with Crippen molar-refractivity contribution in [3.05, 3.63) is 101 Å². The fraction of sp³-hybridized carbons (Fsp3) is 0.382. The molecule has 0 spiro atoms. The maximum atomic E-state index is 14.6. The Hall–Kier alpha value is -4.13. The number of benzene rings is 3. The van der Waals surface area contributed by atoms with Crippen molar-refractivity contribution in [3.63, 3.8) is 0 Å². The number of carbonyl (C=O) groups excluding carboxylic acids is 3. The molecule has 218 valence electrons. The number of amides is 3. The average molecular weight is 558 g/mol. The van der Waals surface area contributed by atoms with Crippen LogP contribution >= 0.6 is 0 Å². The predicted octanol–water partition coefficient (Wildman–Crippen LogP) is 6.75. The van der Waals surface area contributed by atoms with Gasteiger partial charge >= 0.3 is 6.09 Å². The van der Waals surface area contributed by atoms with E-state index in [0.29, 0.717) is 11.3 Å². The normalized spacial score (nSPS) is 13.1. The second-order valence-corrected chi connectivity index (χ2v) is 12.4. The van der Waals surface area contributed by atoms with E-state index in [0.717, 1.165) is 16.7 Å². The van der Waals surface area contributed by atoms with Crippen LogP contribution in [0, 0.1) is 13.8 Å². The van der Waals surface area contributed by atoms with Crippen molar-refractivity contribution in [3.8, 4) is 0 Å². The molecule has 0 aromatic heterocycles. The van der Waals surface area contributed by atoms with Crippen LogP contribution in [0.1, 0.15) is 69.8 Å². The van der Waals surface area contributed by atoms with Crippen LogP contribution in [0.4, 0.5) is 10.5 Å². The number of anilines is 1. The number of hydrogen-bond donors (Lipinski definition) is 2. The van der Waals surface area contributed by atoms with E-state index < -0.39 is 35.2 Å². The fourth-order valence-electron chi connectivity index (χ4n) is 4.59. The molecule has 0 saturated carbocycles. The lowest BCUT2D eigenvalue weighted by molar-refractivity contribution is -0.146. The van der Waals surface area contributed by atoms with Gasteiger partial charge in [-0.1, -0.05) is 78.4 Å². The minimum absolute atomic E-state index is 0.228. The van der Waals surface area contributed by atoms with Crippen molar-refractivity contribution in [2.45, 2.75) is 85.0 Å². The highest BCUT2D eigenvalue weighted by atomic mass is 16.6. The van der Waals surface area contributed by atoms with Crippen LogP contribution in [0.2, 0.25) is 0 Å². The first-order chi connectivity index (χ1) is 19.2. The highest BCUT2D eigenvalue weighted by Crippen LogP contribution is 2.32. The maximum Gasteiger partial charge on any atom is 0.408 e. The minimum Gasteiger partial charge on any atom is -0.444 e. The molecule has 2 atom stereocenters. The summed E-state index contributed by atoms with van der Waals surface area (Å²) < 4.78 is 5.52. The number of nitrogens with zero attached hydrogens (tertiary/aromatic N) is 1. The lowest BCUT2D eigenvalue weighted by atomic mass is 9.93. The van der Waals surface area contributed by atoms with Crippen LogP contribution in [0.25, 0.3) is 0 Å². The summed E-state index contributed by atoms with van der Waals surface area (Å²) in [6.07, 6.45) is -0.470. The molecule has 0 radical (unpaired) electrons. The second kappa shape index (κ2) is 13.0. The third-order valence-electron chi connectivity index (χ3n) is 6.53. The van der Waals surface area contributed by atoms with Crippen molar-refractivity contribution in [1.29, 1.82) is 0 Å². The molecule has 0 bridgehead atoms. The molecule has 0 aliphatic heterocycles. The number of hydrogen-bond acceptors (Lipinski definition) is 4. The lowest BCUT2D eigenvalue weighted by Crippen LogP contribution is -2.58. The van der Waals surface area contributed by atoms with E-state index in [4.69, 9.17) is 4.74 Å². The van der Waals surface area contributed by atoms with Crippen LogP contribution in [0.3, 0.4) is 0 Å². The third kappa shape index (κ3) is 8.93. The highest BCUT2D eigenvalue weighted by Gasteiger charge is 2.42. The predicted molar refractivity (Wildman–Crippen MR) is 164 cm³/mol. The zero-order valence-electron chi connectivity index (χ0n) is 25.4. The maximum absolute atomic E-state index is 14.6. The van der Waals surface area contributed by atoms with Gasteiger partial charge in [-0.2, -0.15) is 0 Å². The van der Waals surface area contributed by atoms with Crippen molar-refractivity contribution in [2.24, 2.45) is 0 Å². The standard InChI is InChI=1S/C34H43N3O4/c1-23-18-20-26(21-19-23)29(30(38)35-27-17-13-12-14-24(27)2)37(33(3,4)5)31(39)28(22-25-15-10-9-11-16-25)36-32(40)41-34(6,7)8/h9-21,28-29H,22H2,1-8H3,(H,35,38)(H,36,40). The van der Waals surface area contributed by atoms with Crippen LogP contribution in [0.15, 0.2) is 78.9 Å². The highest BCUT2D eigenvalue weighted by molar-refractivity contribution is 5.99. The molecule has 0 aliphatic carbocycles. The largest absolute Gasteiger partial charge is 0.444 e. The Morgan fingerprint density at radius 1 is 0.805 bits per heavy atom. The molecule has 41 heavy (non-hydrogen) atoms. The van der Waals surface area contributed by atoms with E-state index in [1.807, 2.05) is 113 Å². The van der Waals surface area contributed by atoms with Gasteiger partial charge in [0.2, 0.25) is 5.91 Å². The van der Waals surface area contributed by atoms with Crippen LogP contribution in [-0.2, 0) is 20.7 Å². The van der Waals surface area contributed by atoms with Gasteiger partial charge in [-0.15, -0.1) is 0 Å². The van der Waals surface area contributed by atoms with Crippen molar-refractivity contribution in [1.82, 2.24) is 10.2 Å². The molecule has 0 saturated heterocycles. The molecule has 3 rings (SSSR count). The molecule has 7 heteroatoms. The van der Waals surface area contributed by atoms with Crippen molar-refractivity contribution >= 4 is 23.6 Å². The van der Waals surface area contributed by atoms with Gasteiger partial charge < -0.3 is 20.3 Å². The van der Waals surface area contributed by atoms with E-state index >= 15 is 0 Å². The van der Waals surface area contributed by atoms with Gasteiger partial charge in [-0.3, -0.25) is 9.59 Å². The van der Waals surface area contributed by atoms with Crippen molar-refractivity contribution < 1.29 is 19.1 Å². The molecule has 0 heterocycles. The second-order valence-electron chi connectivity index (χ2n) is 12.4. The summed E-state index contributed by atoms with van der Waals surface area (Å²) in [5, 5.41) is 5.85. The van der Waals surface area contributed by atoms with Crippen LogP contribution in [-0.4, -0.2) is 40.0 Å². The summed E-state index contributed by atoms with van der Waals surface area (Å²) in [6, 6.07) is 22.6. The van der Waals surface area contributed by atoms with E-state index in [1.165, 1.54) is 0 Å². The number of ether oxygens (including phenoxy) is 1. The van der Waals surface area contributed by atoms with E-state index in [2.05, 4.69) is 10.6 Å². The van der Waals surface area contributed by atoms with E-state index in [1.54, 1.807) is 25.7 Å². The third-order valence-corrected chi connectivity index (χ3v) is 6.53. The summed E-state index contributed by atoms with van der Waals surface area (Å²) in [6.45, 7) is 14.9. The van der Waals surface area contributed by atoms with Crippen LogP contribution < -0.4 is 10.6 Å². The molecule has 3 aromatic rings. The molecule has 0 fully saturated rings. The van der Waals surface area contributed by atoms with E-state index in [9.17, 15) is 14.4 Å². The minimum atomic E-state index is -0.981. The first kappa shape index (κ1) is 31.4. The number of para-hydroxylation sites is 1. The average Bonchev–Trinajstić information content (AvgIpc) is 2.87. The Labute approximate surface area is 244 Å². The fourth-order valence-corrected chi connectivity index (χ4v) is 4.59. The Morgan fingerprint density at radius 2 is 1.39 bits per heavy atom. The molecule has 2 N–H and O–H groups in total. The topological polar surface area (TPSA) is 87.7 Å². The molecule has 3 amide bonds. The molecule has 7 nitrogen and oxygen atoms in total. The van der Waals surface area contributed by atoms with Gasteiger partial charge in [0.25, 0.3) is 5.91 Å². The molecule has 0 aliphatic rings. The monoisotopic (exact) mass is 557 g/mol. The van der Waals surface area contributed by atoms with Gasteiger partial charge in [-0.05, 0) is 78.1 Å². The number of nitrogens with one attached hydrogen (secondary N) is 2. The Morgan fingerprint density at radius 3 is 1.95 bits per heavy atom. The number of rotatable bonds is 8. The van der Waals surface area contributed by atoms with E-state index in [-0.39, 0.29) is 12.3 Å². The smallest absolute Gasteiger partial charge is 0.408 e. The van der Waals surface area contributed by atoms with Gasteiger partial charge in [0.05, 0.1) is 0 Å². The summed E-state index contributed by atoms with van der Waals surface area (Å²) in [5.41, 5.74) is 2.61. The van der Waals surface area contributed by atoms with Gasteiger partial charge in [0.15, 0.2) is 0 Å².